The Morgan fingerprint density at radius 3 is 2.67 bits per heavy atom. The summed E-state index contributed by atoms with van der Waals surface area (Å²) in [6.07, 6.45) is 2.14. The Hall–Kier alpha value is -1.06. The number of rotatable bonds is 5. The van der Waals surface area contributed by atoms with E-state index in [1.165, 1.54) is 21.1 Å². The first kappa shape index (κ1) is 22.2. The van der Waals surface area contributed by atoms with Crippen molar-refractivity contribution in [1.82, 2.24) is 25.0 Å². The predicted molar refractivity (Wildman–Crippen MR) is 97.2 cm³/mol. The molecule has 2 fully saturated rings. The van der Waals surface area contributed by atoms with E-state index in [-0.39, 0.29) is 56.6 Å². The van der Waals surface area contributed by atoms with Gasteiger partial charge in [0.1, 0.15) is 12.1 Å². The van der Waals surface area contributed by atoms with Gasteiger partial charge in [-0.15, -0.1) is 11.3 Å². The van der Waals surface area contributed by atoms with Gasteiger partial charge in [-0.2, -0.15) is 6.42 Å². The van der Waals surface area contributed by atoms with Crippen molar-refractivity contribution in [2.24, 2.45) is 0 Å². The van der Waals surface area contributed by atoms with Crippen molar-refractivity contribution in [3.63, 3.8) is 0 Å². The number of hydrogen-bond acceptors (Lipinski definition) is 5. The molecule has 0 aromatic carbocycles. The molecule has 142 valence electrons. The largest absolute Gasteiger partial charge is 3.00 e. The zero-order valence-electron chi connectivity index (χ0n) is 15.8. The number of nitrogens with zero attached hydrogens (tertiary/aromatic N) is 4. The number of likely N-dealkylation sites (N-methyl/N-ethyl adjacent to an activating group) is 2. The predicted octanol–water partition coefficient (Wildman–Crippen LogP) is 0.706. The number of likely N-dealkylation sites (tertiary alicyclic amines) is 1. The monoisotopic (exact) mass is 467 g/mol. The molecule has 3 unspecified atom stereocenters. The van der Waals surface area contributed by atoms with Crippen LogP contribution in [0, 0.1) is 6.54 Å². The molecule has 0 aliphatic carbocycles. The summed E-state index contributed by atoms with van der Waals surface area (Å²) in [6, 6.07) is -1.78. The molecule has 3 atom stereocenters. The van der Waals surface area contributed by atoms with E-state index in [9.17, 15) is 14.4 Å². The molecular weight excluding hydrogens is 443 g/mol. The van der Waals surface area contributed by atoms with E-state index >= 15 is 0 Å². The maximum absolute atomic E-state index is 12.9. The van der Waals surface area contributed by atoms with Gasteiger partial charge in [0, 0.05) is 25.9 Å². The molecule has 3 rings (SSSR count). The topological polar surface area (TPSA) is 85.9 Å². The smallest absolute Gasteiger partial charge is 0.491 e. The molecule has 8 nitrogen and oxygen atoms in total. The Bertz CT molecular complexity index is 680. The summed E-state index contributed by atoms with van der Waals surface area (Å²) in [7, 11) is 3.28. The second-order valence-corrected chi connectivity index (χ2v) is 7.51. The third kappa shape index (κ3) is 4.68. The van der Waals surface area contributed by atoms with Crippen LogP contribution in [0.1, 0.15) is 25.5 Å². The first-order valence-electron chi connectivity index (χ1n) is 8.71. The molecule has 2 aliphatic rings. The quantitative estimate of drug-likeness (QED) is 0.647. The van der Waals surface area contributed by atoms with Gasteiger partial charge in [-0.05, 0) is 13.5 Å². The molecule has 10 heteroatoms. The molecule has 1 aromatic rings. The van der Waals surface area contributed by atoms with E-state index < -0.39 is 12.1 Å². The van der Waals surface area contributed by atoms with Crippen molar-refractivity contribution in [3.8, 4) is 0 Å². The average molecular weight is 467 g/mol. The molecule has 4 amide bonds. The van der Waals surface area contributed by atoms with Crippen LogP contribution in [0.2, 0.25) is 0 Å². The number of amides is 4. The second-order valence-electron chi connectivity index (χ2n) is 6.79. The van der Waals surface area contributed by atoms with E-state index in [0.717, 1.165) is 18.5 Å². The Kier molecular flexibility index (Phi) is 7.77. The van der Waals surface area contributed by atoms with Crippen LogP contribution < -0.4 is 5.32 Å². The molecule has 0 radical (unpaired) electrons. The average Bonchev–Trinajstić information content (AvgIpc) is 3.35. The molecule has 1 N–H and O–H groups in total. The van der Waals surface area contributed by atoms with Crippen molar-refractivity contribution in [1.29, 1.82) is 0 Å². The number of hydrogen-bond donors (Lipinski definition) is 1. The fourth-order valence-corrected chi connectivity index (χ4v) is 4.05. The summed E-state index contributed by atoms with van der Waals surface area (Å²) in [6.45, 7) is 4.38. The first-order chi connectivity index (χ1) is 12.4. The molecule has 0 bridgehead atoms. The molecule has 2 aliphatic heterocycles. The SMILES string of the molecule is CC1C(C(=O)NC(Cc2cscn2)C(=O)N2[CH-]CCC2)N(C)C(=O)N1C.[Y+3]. The maximum atomic E-state index is 12.9. The summed E-state index contributed by atoms with van der Waals surface area (Å²) in [5, 5.41) is 4.75. The summed E-state index contributed by atoms with van der Waals surface area (Å²) in [5.74, 6) is -0.442. The minimum Gasteiger partial charge on any atom is -0.491 e. The van der Waals surface area contributed by atoms with Gasteiger partial charge in [0.2, 0.25) is 11.8 Å². The van der Waals surface area contributed by atoms with Gasteiger partial charge in [-0.25, -0.2) is 16.3 Å². The Morgan fingerprint density at radius 2 is 2.15 bits per heavy atom. The standard InChI is InChI=1S/C17H24N5O3S.Y/c1-11-14(21(3)17(25)20(11)2)15(23)19-13(8-12-9-26-10-18-12)16(24)22-6-4-5-7-22;/h6,9-11,13-14H,4-5,7-8H2,1-3H3,(H,19,23);/q-1;+3. The van der Waals surface area contributed by atoms with E-state index in [4.69, 9.17) is 0 Å². The van der Waals surface area contributed by atoms with Crippen molar-refractivity contribution in [2.45, 2.75) is 44.3 Å². The molecule has 2 saturated heterocycles. The van der Waals surface area contributed by atoms with Gasteiger partial charge in [0.25, 0.3) is 0 Å². The van der Waals surface area contributed by atoms with E-state index in [0.29, 0.717) is 13.0 Å². The Labute approximate surface area is 188 Å². The van der Waals surface area contributed by atoms with Crippen LogP contribution in [0.25, 0.3) is 0 Å². The number of carbonyl (C=O) groups excluding carboxylic acids is 3. The minimum absolute atomic E-state index is 0. The Balaban J connectivity index is 0.00000261. The summed E-state index contributed by atoms with van der Waals surface area (Å²) in [4.78, 5) is 46.7. The van der Waals surface area contributed by atoms with Gasteiger partial charge >= 0.3 is 38.7 Å². The van der Waals surface area contributed by atoms with Crippen molar-refractivity contribution >= 4 is 29.2 Å². The summed E-state index contributed by atoms with van der Waals surface area (Å²) >= 11 is 1.46. The van der Waals surface area contributed by atoms with Gasteiger partial charge in [-0.3, -0.25) is 9.59 Å². The van der Waals surface area contributed by atoms with Crippen LogP contribution in [0.4, 0.5) is 4.79 Å². The van der Waals surface area contributed by atoms with E-state index in [1.54, 1.807) is 24.5 Å². The zero-order valence-corrected chi connectivity index (χ0v) is 19.4. The molecule has 0 saturated carbocycles. The van der Waals surface area contributed by atoms with E-state index in [2.05, 4.69) is 10.3 Å². The van der Waals surface area contributed by atoms with Crippen LogP contribution in [-0.4, -0.2) is 76.3 Å². The van der Waals surface area contributed by atoms with Crippen molar-refractivity contribution < 1.29 is 47.1 Å². The molecule has 0 spiro atoms. The Morgan fingerprint density at radius 1 is 1.41 bits per heavy atom. The van der Waals surface area contributed by atoms with Crippen molar-refractivity contribution in [3.05, 3.63) is 23.1 Å². The van der Waals surface area contributed by atoms with Gasteiger partial charge in [-0.1, -0.05) is 6.42 Å². The fourth-order valence-electron chi connectivity index (χ4n) is 3.48. The third-order valence-corrected chi connectivity index (χ3v) is 5.74. The molecule has 1 aromatic heterocycles. The van der Waals surface area contributed by atoms with Crippen LogP contribution in [0.3, 0.4) is 0 Å². The van der Waals surface area contributed by atoms with Gasteiger partial charge < -0.3 is 20.0 Å². The van der Waals surface area contributed by atoms with Gasteiger partial charge in [0.15, 0.2) is 0 Å². The van der Waals surface area contributed by atoms with E-state index in [1.807, 2.05) is 18.8 Å². The number of carbonyl (C=O) groups is 3. The maximum Gasteiger partial charge on any atom is 3.00 e. The first-order valence-corrected chi connectivity index (χ1v) is 9.65. The second kappa shape index (κ2) is 9.43. The van der Waals surface area contributed by atoms with Crippen LogP contribution in [0.15, 0.2) is 10.9 Å². The number of thiazole rings is 1. The minimum atomic E-state index is -0.694. The number of urea groups is 1. The number of aromatic nitrogens is 1. The molecule has 3 heterocycles. The number of nitrogens with one attached hydrogen (secondary N) is 1. The fraction of sp³-hybridized carbons (Fsp3) is 0.588. The third-order valence-electron chi connectivity index (χ3n) is 5.10. The van der Waals surface area contributed by atoms with Crippen LogP contribution in [0.5, 0.6) is 0 Å². The normalized spacial score (nSPS) is 23.4. The molecule has 27 heavy (non-hydrogen) atoms. The van der Waals surface area contributed by atoms with Gasteiger partial charge in [0.05, 0.1) is 17.2 Å². The van der Waals surface area contributed by atoms with Crippen LogP contribution >= 0.6 is 11.3 Å². The van der Waals surface area contributed by atoms with Crippen LogP contribution in [-0.2, 0) is 48.7 Å². The van der Waals surface area contributed by atoms with Crippen molar-refractivity contribution in [2.75, 3.05) is 20.6 Å². The molecular formula is C17H24N5O3SY+2. The zero-order chi connectivity index (χ0) is 18.8. The summed E-state index contributed by atoms with van der Waals surface area (Å²) < 4.78 is 0. The summed E-state index contributed by atoms with van der Waals surface area (Å²) in [5.41, 5.74) is 2.48.